The number of benzene rings is 1. The zero-order valence-corrected chi connectivity index (χ0v) is 11.5. The summed E-state index contributed by atoms with van der Waals surface area (Å²) in [7, 11) is 3.94. The number of amides is 1. The minimum atomic E-state index is -0.193. The highest BCUT2D eigenvalue weighted by Crippen LogP contribution is 2.19. The molecule has 1 aromatic heterocycles. The Kier molecular flexibility index (Phi) is 3.55. The standard InChI is InChI=1S/C14H17N3O2/c1-9-7-11(5-6-12(9)17(3)4)14(18)15-13-8-10(2)19-16-13/h5-8H,1-4H3,(H,15,16,18). The van der Waals surface area contributed by atoms with Gasteiger partial charge in [-0.15, -0.1) is 0 Å². The number of anilines is 2. The van der Waals surface area contributed by atoms with Crippen molar-refractivity contribution in [2.45, 2.75) is 13.8 Å². The third-order valence-corrected chi connectivity index (χ3v) is 2.81. The molecular weight excluding hydrogens is 242 g/mol. The molecule has 1 N–H and O–H groups in total. The van der Waals surface area contributed by atoms with Gasteiger partial charge in [-0.1, -0.05) is 5.16 Å². The van der Waals surface area contributed by atoms with Gasteiger partial charge in [0.15, 0.2) is 5.82 Å². The lowest BCUT2D eigenvalue weighted by atomic mass is 10.1. The van der Waals surface area contributed by atoms with E-state index in [4.69, 9.17) is 4.52 Å². The largest absolute Gasteiger partial charge is 0.377 e. The van der Waals surface area contributed by atoms with Crippen molar-refractivity contribution in [1.82, 2.24) is 5.16 Å². The molecule has 1 aromatic carbocycles. The van der Waals surface area contributed by atoms with Gasteiger partial charge in [0.2, 0.25) is 0 Å². The molecule has 19 heavy (non-hydrogen) atoms. The number of nitrogens with one attached hydrogen (secondary N) is 1. The normalized spacial score (nSPS) is 10.3. The fourth-order valence-corrected chi connectivity index (χ4v) is 1.91. The zero-order chi connectivity index (χ0) is 14.0. The van der Waals surface area contributed by atoms with Crippen LogP contribution in [0.1, 0.15) is 21.7 Å². The molecule has 0 spiro atoms. The number of aromatic nitrogens is 1. The van der Waals surface area contributed by atoms with Crippen LogP contribution in [0.2, 0.25) is 0 Å². The second kappa shape index (κ2) is 5.14. The number of aryl methyl sites for hydroxylation is 2. The minimum Gasteiger partial charge on any atom is -0.377 e. The van der Waals surface area contributed by atoms with Gasteiger partial charge in [-0.25, -0.2) is 0 Å². The van der Waals surface area contributed by atoms with Crippen LogP contribution in [0.4, 0.5) is 11.5 Å². The van der Waals surface area contributed by atoms with Gasteiger partial charge in [-0.2, -0.15) is 0 Å². The molecule has 0 unspecified atom stereocenters. The smallest absolute Gasteiger partial charge is 0.256 e. The Balaban J connectivity index is 2.18. The lowest BCUT2D eigenvalue weighted by Gasteiger charge is -2.16. The number of nitrogens with zero attached hydrogens (tertiary/aromatic N) is 2. The van der Waals surface area contributed by atoms with Gasteiger partial charge in [0.05, 0.1) is 0 Å². The molecule has 0 atom stereocenters. The van der Waals surface area contributed by atoms with Crippen LogP contribution in [-0.4, -0.2) is 25.2 Å². The first-order valence-electron chi connectivity index (χ1n) is 6.00. The molecule has 0 fully saturated rings. The summed E-state index contributed by atoms with van der Waals surface area (Å²) in [5, 5.41) is 6.43. The molecule has 0 aliphatic heterocycles. The quantitative estimate of drug-likeness (QED) is 0.920. The Morgan fingerprint density at radius 2 is 2.00 bits per heavy atom. The third-order valence-electron chi connectivity index (χ3n) is 2.81. The van der Waals surface area contributed by atoms with Gasteiger partial charge in [-0.3, -0.25) is 4.79 Å². The number of hydrogen-bond acceptors (Lipinski definition) is 4. The van der Waals surface area contributed by atoms with Crippen molar-refractivity contribution >= 4 is 17.4 Å². The Labute approximate surface area is 112 Å². The van der Waals surface area contributed by atoms with E-state index in [0.29, 0.717) is 17.1 Å². The zero-order valence-electron chi connectivity index (χ0n) is 11.5. The summed E-state index contributed by atoms with van der Waals surface area (Å²) in [6, 6.07) is 7.26. The van der Waals surface area contributed by atoms with Crippen LogP contribution in [0, 0.1) is 13.8 Å². The molecule has 0 bridgehead atoms. The Morgan fingerprint density at radius 3 is 2.53 bits per heavy atom. The molecule has 1 amide bonds. The lowest BCUT2D eigenvalue weighted by Crippen LogP contribution is -2.14. The van der Waals surface area contributed by atoms with Crippen LogP contribution >= 0.6 is 0 Å². The summed E-state index contributed by atoms with van der Waals surface area (Å²) in [5.74, 6) is 0.896. The van der Waals surface area contributed by atoms with Crippen molar-refractivity contribution in [2.75, 3.05) is 24.3 Å². The monoisotopic (exact) mass is 259 g/mol. The Hall–Kier alpha value is -2.30. The average Bonchev–Trinajstić information content (AvgIpc) is 2.74. The van der Waals surface area contributed by atoms with E-state index in [1.807, 2.05) is 38.1 Å². The molecule has 2 rings (SSSR count). The highest BCUT2D eigenvalue weighted by molar-refractivity contribution is 6.04. The molecule has 2 aromatic rings. The van der Waals surface area contributed by atoms with Gasteiger partial charge >= 0.3 is 0 Å². The first-order valence-corrected chi connectivity index (χ1v) is 6.00. The minimum absolute atomic E-state index is 0.193. The predicted molar refractivity (Wildman–Crippen MR) is 74.7 cm³/mol. The molecule has 0 aliphatic carbocycles. The molecule has 0 saturated carbocycles. The van der Waals surface area contributed by atoms with Crippen LogP contribution in [0.3, 0.4) is 0 Å². The van der Waals surface area contributed by atoms with Crippen molar-refractivity contribution in [3.05, 3.63) is 41.2 Å². The molecule has 1 heterocycles. The summed E-state index contributed by atoms with van der Waals surface area (Å²) in [4.78, 5) is 14.1. The van der Waals surface area contributed by atoms with Gasteiger partial charge in [-0.05, 0) is 37.6 Å². The lowest BCUT2D eigenvalue weighted by molar-refractivity contribution is 0.102. The van der Waals surface area contributed by atoms with E-state index in [1.54, 1.807) is 19.1 Å². The molecule has 0 radical (unpaired) electrons. The SMILES string of the molecule is Cc1cc(NC(=O)c2ccc(N(C)C)c(C)c2)no1. The predicted octanol–water partition coefficient (Wildman–Crippen LogP) is 2.61. The van der Waals surface area contributed by atoms with E-state index in [2.05, 4.69) is 10.5 Å². The number of hydrogen-bond donors (Lipinski definition) is 1. The van der Waals surface area contributed by atoms with E-state index < -0.39 is 0 Å². The van der Waals surface area contributed by atoms with Crippen molar-refractivity contribution < 1.29 is 9.32 Å². The van der Waals surface area contributed by atoms with Crippen LogP contribution in [-0.2, 0) is 0 Å². The average molecular weight is 259 g/mol. The molecular formula is C14H17N3O2. The maximum Gasteiger partial charge on any atom is 0.256 e. The maximum atomic E-state index is 12.1. The van der Waals surface area contributed by atoms with E-state index in [-0.39, 0.29) is 5.91 Å². The van der Waals surface area contributed by atoms with Gasteiger partial charge in [0.1, 0.15) is 5.76 Å². The third kappa shape index (κ3) is 2.93. The van der Waals surface area contributed by atoms with Crippen LogP contribution < -0.4 is 10.2 Å². The summed E-state index contributed by atoms with van der Waals surface area (Å²) < 4.78 is 4.90. The van der Waals surface area contributed by atoms with E-state index in [1.165, 1.54) is 0 Å². The van der Waals surface area contributed by atoms with Crippen LogP contribution in [0.15, 0.2) is 28.8 Å². The molecule has 0 saturated heterocycles. The summed E-state index contributed by atoms with van der Waals surface area (Å²) in [6.07, 6.45) is 0. The Bertz CT molecular complexity index is 602. The summed E-state index contributed by atoms with van der Waals surface area (Å²) in [6.45, 7) is 3.76. The second-order valence-corrected chi connectivity index (χ2v) is 4.67. The first-order chi connectivity index (χ1) is 8.97. The van der Waals surface area contributed by atoms with Gasteiger partial charge in [0, 0.05) is 31.4 Å². The van der Waals surface area contributed by atoms with Crippen LogP contribution in [0.25, 0.3) is 0 Å². The van der Waals surface area contributed by atoms with Crippen LogP contribution in [0.5, 0.6) is 0 Å². The highest BCUT2D eigenvalue weighted by Gasteiger charge is 2.10. The number of carbonyl (C=O) groups is 1. The fraction of sp³-hybridized carbons (Fsp3) is 0.286. The van der Waals surface area contributed by atoms with Crippen molar-refractivity contribution in [3.8, 4) is 0 Å². The fourth-order valence-electron chi connectivity index (χ4n) is 1.91. The van der Waals surface area contributed by atoms with Crippen molar-refractivity contribution in [1.29, 1.82) is 0 Å². The van der Waals surface area contributed by atoms with Gasteiger partial charge in [0.25, 0.3) is 5.91 Å². The maximum absolute atomic E-state index is 12.1. The Morgan fingerprint density at radius 1 is 1.26 bits per heavy atom. The van der Waals surface area contributed by atoms with E-state index in [0.717, 1.165) is 11.3 Å². The molecule has 100 valence electrons. The number of rotatable bonds is 3. The van der Waals surface area contributed by atoms with E-state index in [9.17, 15) is 4.79 Å². The summed E-state index contributed by atoms with van der Waals surface area (Å²) >= 11 is 0. The topological polar surface area (TPSA) is 58.4 Å². The van der Waals surface area contributed by atoms with Crippen molar-refractivity contribution in [2.24, 2.45) is 0 Å². The highest BCUT2D eigenvalue weighted by atomic mass is 16.5. The second-order valence-electron chi connectivity index (χ2n) is 4.67. The molecule has 5 nitrogen and oxygen atoms in total. The first kappa shape index (κ1) is 13.1. The molecule has 5 heteroatoms. The summed E-state index contributed by atoms with van der Waals surface area (Å²) in [5.41, 5.74) is 2.74. The molecule has 0 aliphatic rings. The number of carbonyl (C=O) groups excluding carboxylic acids is 1. The van der Waals surface area contributed by atoms with E-state index >= 15 is 0 Å². The van der Waals surface area contributed by atoms with Gasteiger partial charge < -0.3 is 14.7 Å². The van der Waals surface area contributed by atoms with Crippen molar-refractivity contribution in [3.63, 3.8) is 0 Å².